The molecule has 1 aromatic heterocycles. The Balaban J connectivity index is 1.91. The lowest BCUT2D eigenvalue weighted by Crippen LogP contribution is -2.18. The van der Waals surface area contributed by atoms with Gasteiger partial charge in [-0.15, -0.1) is 0 Å². The molecular weight excluding hydrogens is 260 g/mol. The summed E-state index contributed by atoms with van der Waals surface area (Å²) < 4.78 is 1.80. The summed E-state index contributed by atoms with van der Waals surface area (Å²) in [6.07, 6.45) is 9.14. The van der Waals surface area contributed by atoms with E-state index in [0.29, 0.717) is 17.4 Å². The molecule has 108 valence electrons. The molecule has 4 heteroatoms. The molecule has 0 amide bonds. The van der Waals surface area contributed by atoms with E-state index in [1.807, 2.05) is 14.0 Å². The van der Waals surface area contributed by atoms with Crippen molar-refractivity contribution in [2.75, 3.05) is 0 Å². The van der Waals surface area contributed by atoms with Crippen molar-refractivity contribution in [3.63, 3.8) is 0 Å². The fourth-order valence-electron chi connectivity index (χ4n) is 3.19. The second kappa shape index (κ2) is 6.76. The van der Waals surface area contributed by atoms with Crippen molar-refractivity contribution < 1.29 is 5.11 Å². The largest absolute Gasteiger partial charge is 0.393 e. The van der Waals surface area contributed by atoms with Gasteiger partial charge in [0.1, 0.15) is 0 Å². The third kappa shape index (κ3) is 3.96. The number of aromatic nitrogens is 2. The number of aryl methyl sites for hydroxylation is 2. The number of hydrogen-bond acceptors (Lipinski definition) is 2. The molecule has 0 aliphatic heterocycles. The van der Waals surface area contributed by atoms with Gasteiger partial charge in [-0.2, -0.15) is 5.10 Å². The maximum Gasteiger partial charge on any atom is 0.0847 e. The molecule has 0 spiro atoms. The molecule has 1 aliphatic carbocycles. The number of rotatable bonds is 4. The van der Waals surface area contributed by atoms with Crippen molar-refractivity contribution in [2.45, 2.75) is 64.4 Å². The van der Waals surface area contributed by atoms with E-state index < -0.39 is 0 Å². The molecule has 19 heavy (non-hydrogen) atoms. The van der Waals surface area contributed by atoms with Crippen molar-refractivity contribution in [3.8, 4) is 0 Å². The first-order valence-electron chi connectivity index (χ1n) is 7.44. The molecule has 0 saturated heterocycles. The van der Waals surface area contributed by atoms with Gasteiger partial charge in [0.25, 0.3) is 0 Å². The summed E-state index contributed by atoms with van der Waals surface area (Å²) in [5.74, 6) is 0.686. The summed E-state index contributed by atoms with van der Waals surface area (Å²) in [6.45, 7) is 1.91. The summed E-state index contributed by atoms with van der Waals surface area (Å²) >= 11 is 6.23. The van der Waals surface area contributed by atoms with Crippen LogP contribution < -0.4 is 0 Å². The minimum absolute atomic E-state index is 0.296. The molecule has 1 atom stereocenters. The third-order valence-electron chi connectivity index (χ3n) is 4.27. The molecule has 0 radical (unpaired) electrons. The Morgan fingerprint density at radius 1 is 1.32 bits per heavy atom. The summed E-state index contributed by atoms with van der Waals surface area (Å²) in [5, 5.41) is 15.3. The van der Waals surface area contributed by atoms with E-state index in [0.717, 1.165) is 17.8 Å². The monoisotopic (exact) mass is 284 g/mol. The van der Waals surface area contributed by atoms with Gasteiger partial charge < -0.3 is 5.11 Å². The van der Waals surface area contributed by atoms with Gasteiger partial charge >= 0.3 is 0 Å². The van der Waals surface area contributed by atoms with Crippen LogP contribution in [0.15, 0.2) is 0 Å². The minimum Gasteiger partial charge on any atom is -0.393 e. The molecule has 0 aromatic carbocycles. The van der Waals surface area contributed by atoms with Crippen LogP contribution in [-0.4, -0.2) is 21.0 Å². The zero-order chi connectivity index (χ0) is 13.8. The Kier molecular flexibility index (Phi) is 5.28. The first-order chi connectivity index (χ1) is 9.08. The lowest BCUT2D eigenvalue weighted by molar-refractivity contribution is 0.135. The average Bonchev–Trinajstić information content (AvgIpc) is 2.60. The van der Waals surface area contributed by atoms with Gasteiger partial charge in [-0.1, -0.05) is 50.1 Å². The SMILES string of the molecule is Cc1nn(C)c(CC(O)CC2CCCCCC2)c1Cl. The summed E-state index contributed by atoms with van der Waals surface area (Å²) in [7, 11) is 1.90. The predicted octanol–water partition coefficient (Wildman–Crippen LogP) is 3.65. The molecule has 1 saturated carbocycles. The lowest BCUT2D eigenvalue weighted by Gasteiger charge is -2.18. The number of hydrogen-bond donors (Lipinski definition) is 1. The van der Waals surface area contributed by atoms with E-state index in [1.165, 1.54) is 38.5 Å². The highest BCUT2D eigenvalue weighted by Gasteiger charge is 2.20. The Hall–Kier alpha value is -0.540. The van der Waals surface area contributed by atoms with Gasteiger partial charge in [-0.3, -0.25) is 4.68 Å². The second-order valence-corrected chi connectivity index (χ2v) is 6.30. The maximum absolute atomic E-state index is 10.3. The Bertz CT molecular complexity index is 409. The van der Waals surface area contributed by atoms with E-state index in [1.54, 1.807) is 4.68 Å². The van der Waals surface area contributed by atoms with Gasteiger partial charge in [0.05, 0.1) is 22.5 Å². The van der Waals surface area contributed by atoms with Crippen LogP contribution in [0.4, 0.5) is 0 Å². The van der Waals surface area contributed by atoms with E-state index in [-0.39, 0.29) is 6.10 Å². The van der Waals surface area contributed by atoms with Crippen molar-refractivity contribution in [2.24, 2.45) is 13.0 Å². The van der Waals surface area contributed by atoms with Gasteiger partial charge in [-0.25, -0.2) is 0 Å². The van der Waals surface area contributed by atoms with Crippen molar-refractivity contribution in [1.29, 1.82) is 0 Å². The second-order valence-electron chi connectivity index (χ2n) is 5.92. The third-order valence-corrected chi connectivity index (χ3v) is 4.76. The Morgan fingerprint density at radius 3 is 2.47 bits per heavy atom. The highest BCUT2D eigenvalue weighted by molar-refractivity contribution is 6.31. The maximum atomic E-state index is 10.3. The fourth-order valence-corrected chi connectivity index (χ4v) is 3.43. The van der Waals surface area contributed by atoms with Crippen molar-refractivity contribution in [1.82, 2.24) is 9.78 Å². The van der Waals surface area contributed by atoms with Gasteiger partial charge in [0.2, 0.25) is 0 Å². The first-order valence-corrected chi connectivity index (χ1v) is 7.81. The molecule has 1 fully saturated rings. The molecule has 3 nitrogen and oxygen atoms in total. The first kappa shape index (κ1) is 14.9. The van der Waals surface area contributed by atoms with E-state index >= 15 is 0 Å². The summed E-state index contributed by atoms with van der Waals surface area (Å²) in [5.41, 5.74) is 1.81. The van der Waals surface area contributed by atoms with Crippen LogP contribution >= 0.6 is 11.6 Å². The molecular formula is C15H25ClN2O. The molecule has 1 aliphatic rings. The molecule has 0 bridgehead atoms. The standard InChI is InChI=1S/C15H25ClN2O/c1-11-15(16)14(18(2)17-11)10-13(19)9-12-7-5-3-4-6-8-12/h12-13,19H,3-10H2,1-2H3. The highest BCUT2D eigenvalue weighted by atomic mass is 35.5. The molecule has 2 rings (SSSR count). The summed E-state index contributed by atoms with van der Waals surface area (Å²) in [4.78, 5) is 0. The number of halogens is 1. The zero-order valence-electron chi connectivity index (χ0n) is 12.0. The summed E-state index contributed by atoms with van der Waals surface area (Å²) in [6, 6.07) is 0. The number of aliphatic hydroxyl groups is 1. The van der Waals surface area contributed by atoms with Crippen LogP contribution in [0.3, 0.4) is 0 Å². The minimum atomic E-state index is -0.296. The lowest BCUT2D eigenvalue weighted by atomic mass is 9.92. The van der Waals surface area contributed by atoms with Crippen molar-refractivity contribution in [3.05, 3.63) is 16.4 Å². The van der Waals surface area contributed by atoms with Gasteiger partial charge in [-0.05, 0) is 19.3 Å². The number of aliphatic hydroxyl groups excluding tert-OH is 1. The van der Waals surface area contributed by atoms with Crippen LogP contribution in [0, 0.1) is 12.8 Å². The van der Waals surface area contributed by atoms with Crippen LogP contribution in [0.1, 0.15) is 56.3 Å². The number of nitrogens with zero attached hydrogens (tertiary/aromatic N) is 2. The zero-order valence-corrected chi connectivity index (χ0v) is 12.8. The van der Waals surface area contributed by atoms with Gasteiger partial charge in [0, 0.05) is 13.5 Å². The van der Waals surface area contributed by atoms with Gasteiger partial charge in [0.15, 0.2) is 0 Å². The molecule has 1 N–H and O–H groups in total. The van der Waals surface area contributed by atoms with Crippen molar-refractivity contribution >= 4 is 11.6 Å². The van der Waals surface area contributed by atoms with E-state index in [2.05, 4.69) is 5.10 Å². The van der Waals surface area contributed by atoms with Crippen LogP contribution in [0.25, 0.3) is 0 Å². The Morgan fingerprint density at radius 2 is 1.95 bits per heavy atom. The van der Waals surface area contributed by atoms with Crippen LogP contribution in [0.2, 0.25) is 5.02 Å². The fraction of sp³-hybridized carbons (Fsp3) is 0.800. The topological polar surface area (TPSA) is 38.0 Å². The molecule has 1 unspecified atom stereocenters. The van der Waals surface area contributed by atoms with E-state index in [9.17, 15) is 5.11 Å². The molecule has 1 aromatic rings. The molecule has 1 heterocycles. The quantitative estimate of drug-likeness (QED) is 0.857. The highest BCUT2D eigenvalue weighted by Crippen LogP contribution is 2.28. The van der Waals surface area contributed by atoms with E-state index in [4.69, 9.17) is 11.6 Å². The van der Waals surface area contributed by atoms with Crippen LogP contribution in [0.5, 0.6) is 0 Å². The predicted molar refractivity (Wildman–Crippen MR) is 78.5 cm³/mol. The van der Waals surface area contributed by atoms with Crippen LogP contribution in [-0.2, 0) is 13.5 Å². The smallest absolute Gasteiger partial charge is 0.0847 e. The average molecular weight is 285 g/mol. The normalized spacial score (nSPS) is 19.4. The Labute approximate surface area is 121 Å².